The predicted octanol–water partition coefficient (Wildman–Crippen LogP) is 6.02. The normalized spacial score (nSPS) is 31.0. The standard InChI is InChI=1S/C25H35N3O2/c1-14-10-21(28(13-14)24(29)30-25(3,4)5)23-26-12-20(27-23)18-8-6-15(2)22-17-9-7-16(17)11-19(18)22/h12,14,16-17,21H,6-11,13H2,1-5H3,(H,26,27). The maximum absolute atomic E-state index is 12.8. The Labute approximate surface area is 180 Å². The number of H-pyrrole nitrogens is 1. The molecule has 0 spiro atoms. The smallest absolute Gasteiger partial charge is 0.410 e. The zero-order valence-corrected chi connectivity index (χ0v) is 19.0. The third kappa shape index (κ3) is 3.30. The van der Waals surface area contributed by atoms with Crippen LogP contribution in [0, 0.1) is 17.8 Å². The van der Waals surface area contributed by atoms with Crippen LogP contribution in [-0.2, 0) is 4.74 Å². The molecule has 1 amide bonds. The SMILES string of the molecule is CC1=C2C(=C(c3cnc(C4CC(C)CN4C(=O)OC(C)(C)C)[nH]3)CC1)CC1CCC21. The van der Waals surface area contributed by atoms with E-state index in [0.717, 1.165) is 49.2 Å². The number of imidazole rings is 1. The summed E-state index contributed by atoms with van der Waals surface area (Å²) in [6.45, 7) is 11.0. The summed E-state index contributed by atoms with van der Waals surface area (Å²) in [5.41, 5.74) is 7.03. The molecule has 3 aliphatic carbocycles. The molecule has 1 saturated heterocycles. The van der Waals surface area contributed by atoms with Crippen LogP contribution in [-0.4, -0.2) is 33.1 Å². The second-order valence-corrected chi connectivity index (χ2v) is 11.0. The average Bonchev–Trinajstić information content (AvgIpc) is 3.31. The van der Waals surface area contributed by atoms with Crippen molar-refractivity contribution in [2.45, 2.75) is 84.8 Å². The van der Waals surface area contributed by atoms with Crippen molar-refractivity contribution in [1.29, 1.82) is 0 Å². The highest BCUT2D eigenvalue weighted by molar-refractivity contribution is 5.74. The number of aromatic nitrogens is 2. The first-order chi connectivity index (χ1) is 14.2. The molecule has 0 radical (unpaired) electrons. The Kier molecular flexibility index (Phi) is 4.64. The molecule has 5 heteroatoms. The minimum atomic E-state index is -0.487. The molecule has 3 fully saturated rings. The molecule has 4 aliphatic rings. The monoisotopic (exact) mass is 409 g/mol. The minimum Gasteiger partial charge on any atom is -0.444 e. The Balaban J connectivity index is 1.43. The van der Waals surface area contributed by atoms with Crippen molar-refractivity contribution in [3.8, 4) is 0 Å². The van der Waals surface area contributed by atoms with Crippen LogP contribution in [0.2, 0.25) is 0 Å². The van der Waals surface area contributed by atoms with Gasteiger partial charge in [-0.1, -0.05) is 12.5 Å². The van der Waals surface area contributed by atoms with Crippen molar-refractivity contribution in [3.63, 3.8) is 0 Å². The molecule has 30 heavy (non-hydrogen) atoms. The Morgan fingerprint density at radius 1 is 1.23 bits per heavy atom. The molecule has 4 atom stereocenters. The van der Waals surface area contributed by atoms with Crippen LogP contribution in [0.3, 0.4) is 0 Å². The van der Waals surface area contributed by atoms with E-state index in [9.17, 15) is 4.79 Å². The molecular formula is C25H35N3O2. The zero-order chi connectivity index (χ0) is 21.2. The lowest BCUT2D eigenvalue weighted by Gasteiger charge is -2.32. The first-order valence-corrected chi connectivity index (χ1v) is 11.7. The maximum atomic E-state index is 12.8. The molecule has 5 nitrogen and oxygen atoms in total. The van der Waals surface area contributed by atoms with E-state index in [1.165, 1.54) is 24.8 Å². The molecule has 2 saturated carbocycles. The number of rotatable bonds is 2. The van der Waals surface area contributed by atoms with Gasteiger partial charge in [0.2, 0.25) is 0 Å². The van der Waals surface area contributed by atoms with E-state index in [0.29, 0.717) is 5.92 Å². The Hall–Kier alpha value is -2.04. The summed E-state index contributed by atoms with van der Waals surface area (Å²) in [6, 6.07) is -0.0331. The van der Waals surface area contributed by atoms with Crippen molar-refractivity contribution in [2.24, 2.45) is 17.8 Å². The molecule has 1 N–H and O–H groups in total. The lowest BCUT2D eigenvalue weighted by atomic mass is 9.73. The molecule has 4 unspecified atom stereocenters. The van der Waals surface area contributed by atoms with Gasteiger partial charge in [-0.3, -0.25) is 4.90 Å². The highest BCUT2D eigenvalue weighted by Crippen LogP contribution is 2.57. The molecule has 2 heterocycles. The van der Waals surface area contributed by atoms with Gasteiger partial charge in [-0.2, -0.15) is 0 Å². The Morgan fingerprint density at radius 3 is 2.73 bits per heavy atom. The summed E-state index contributed by atoms with van der Waals surface area (Å²) in [4.78, 5) is 23.1. The van der Waals surface area contributed by atoms with Gasteiger partial charge in [0.25, 0.3) is 0 Å². The molecule has 0 aromatic carbocycles. The van der Waals surface area contributed by atoms with Gasteiger partial charge in [0, 0.05) is 6.54 Å². The zero-order valence-electron chi connectivity index (χ0n) is 19.0. The summed E-state index contributed by atoms with van der Waals surface area (Å²) in [6.07, 6.45) is 8.95. The molecule has 0 bridgehead atoms. The van der Waals surface area contributed by atoms with E-state index in [-0.39, 0.29) is 12.1 Å². The van der Waals surface area contributed by atoms with Gasteiger partial charge < -0.3 is 9.72 Å². The van der Waals surface area contributed by atoms with E-state index in [1.54, 1.807) is 16.7 Å². The second kappa shape index (κ2) is 7.00. The first-order valence-electron chi connectivity index (χ1n) is 11.7. The van der Waals surface area contributed by atoms with Gasteiger partial charge in [0.1, 0.15) is 11.4 Å². The van der Waals surface area contributed by atoms with E-state index < -0.39 is 5.60 Å². The average molecular weight is 410 g/mol. The van der Waals surface area contributed by atoms with Crippen LogP contribution in [0.5, 0.6) is 0 Å². The summed E-state index contributed by atoms with van der Waals surface area (Å²) < 4.78 is 5.67. The van der Waals surface area contributed by atoms with Gasteiger partial charge in [-0.05, 0) is 101 Å². The number of carbonyl (C=O) groups excluding carboxylic acids is 1. The number of allylic oxidation sites excluding steroid dienone is 4. The van der Waals surface area contributed by atoms with Crippen molar-refractivity contribution in [3.05, 3.63) is 34.4 Å². The Bertz CT molecular complexity index is 932. The second-order valence-electron chi connectivity index (χ2n) is 11.0. The van der Waals surface area contributed by atoms with Crippen molar-refractivity contribution >= 4 is 11.7 Å². The van der Waals surface area contributed by atoms with Crippen molar-refractivity contribution < 1.29 is 9.53 Å². The first kappa shape index (κ1) is 19.9. The number of carbonyl (C=O) groups is 1. The number of hydrogen-bond acceptors (Lipinski definition) is 3. The van der Waals surface area contributed by atoms with Crippen LogP contribution in [0.25, 0.3) is 5.57 Å². The quantitative estimate of drug-likeness (QED) is 0.649. The summed E-state index contributed by atoms with van der Waals surface area (Å²) >= 11 is 0. The lowest BCUT2D eigenvalue weighted by Crippen LogP contribution is -2.37. The number of aromatic amines is 1. The number of hydrogen-bond donors (Lipinski definition) is 1. The van der Waals surface area contributed by atoms with Gasteiger partial charge in [-0.25, -0.2) is 9.78 Å². The van der Waals surface area contributed by atoms with Gasteiger partial charge in [0.15, 0.2) is 0 Å². The number of nitrogens with zero attached hydrogens (tertiary/aromatic N) is 2. The van der Waals surface area contributed by atoms with E-state index in [2.05, 4.69) is 18.8 Å². The van der Waals surface area contributed by atoms with Crippen molar-refractivity contribution in [2.75, 3.05) is 6.54 Å². The van der Waals surface area contributed by atoms with Crippen molar-refractivity contribution in [1.82, 2.24) is 14.9 Å². The topological polar surface area (TPSA) is 58.2 Å². The molecule has 1 aromatic rings. The van der Waals surface area contributed by atoms with Crippen LogP contribution < -0.4 is 0 Å². The number of ether oxygens (including phenoxy) is 1. The van der Waals surface area contributed by atoms with E-state index in [4.69, 9.17) is 9.72 Å². The third-order valence-corrected chi connectivity index (χ3v) is 7.53. The summed E-state index contributed by atoms with van der Waals surface area (Å²) in [5, 5.41) is 0. The van der Waals surface area contributed by atoms with Crippen LogP contribution in [0.4, 0.5) is 4.79 Å². The molecule has 5 rings (SSSR count). The van der Waals surface area contributed by atoms with Gasteiger partial charge in [0.05, 0.1) is 17.9 Å². The van der Waals surface area contributed by atoms with Crippen LogP contribution in [0.15, 0.2) is 22.9 Å². The highest BCUT2D eigenvalue weighted by atomic mass is 16.6. The van der Waals surface area contributed by atoms with Crippen LogP contribution in [0.1, 0.15) is 90.7 Å². The summed E-state index contributed by atoms with van der Waals surface area (Å²) in [7, 11) is 0. The minimum absolute atomic E-state index is 0.0331. The fraction of sp³-hybridized carbons (Fsp3) is 0.680. The number of fused-ring (bicyclic) bond motifs is 3. The highest BCUT2D eigenvalue weighted by Gasteiger charge is 2.44. The lowest BCUT2D eigenvalue weighted by molar-refractivity contribution is 0.0214. The van der Waals surface area contributed by atoms with Gasteiger partial charge >= 0.3 is 6.09 Å². The Morgan fingerprint density at radius 2 is 2.03 bits per heavy atom. The molecule has 162 valence electrons. The summed E-state index contributed by atoms with van der Waals surface area (Å²) in [5.74, 6) is 3.03. The fourth-order valence-corrected chi connectivity index (χ4v) is 6.03. The van der Waals surface area contributed by atoms with Gasteiger partial charge in [-0.15, -0.1) is 0 Å². The largest absolute Gasteiger partial charge is 0.444 e. The van der Waals surface area contributed by atoms with Crippen LogP contribution >= 0.6 is 0 Å². The maximum Gasteiger partial charge on any atom is 0.410 e. The number of amides is 1. The number of likely N-dealkylation sites (tertiary alicyclic amines) is 1. The molecule has 1 aliphatic heterocycles. The fourth-order valence-electron chi connectivity index (χ4n) is 6.03. The van der Waals surface area contributed by atoms with E-state index in [1.807, 2.05) is 31.9 Å². The predicted molar refractivity (Wildman–Crippen MR) is 118 cm³/mol. The van der Waals surface area contributed by atoms with E-state index >= 15 is 0 Å². The third-order valence-electron chi connectivity index (χ3n) is 7.53. The molecule has 1 aromatic heterocycles. The molecular weight excluding hydrogens is 374 g/mol. The number of nitrogens with one attached hydrogen (secondary N) is 1.